The van der Waals surface area contributed by atoms with Crippen LogP contribution in [0.1, 0.15) is 42.8 Å². The fraction of sp³-hybridized carbons (Fsp3) is 0.310. The van der Waals surface area contributed by atoms with Crippen LogP contribution in [0.3, 0.4) is 0 Å². The lowest BCUT2D eigenvalue weighted by molar-refractivity contribution is -0.143. The van der Waals surface area contributed by atoms with E-state index < -0.39 is 0 Å². The molecule has 180 valence electrons. The molecule has 0 fully saturated rings. The normalized spacial score (nSPS) is 13.6. The minimum absolute atomic E-state index is 0.135. The third-order valence-corrected chi connectivity index (χ3v) is 6.44. The van der Waals surface area contributed by atoms with Gasteiger partial charge in [0.2, 0.25) is 0 Å². The summed E-state index contributed by atoms with van der Waals surface area (Å²) in [6.45, 7) is 3.81. The second-order valence-corrected chi connectivity index (χ2v) is 8.80. The highest BCUT2D eigenvalue weighted by atomic mass is 16.5. The van der Waals surface area contributed by atoms with Gasteiger partial charge in [-0.05, 0) is 61.7 Å². The van der Waals surface area contributed by atoms with Crippen LogP contribution in [0.2, 0.25) is 0 Å². The Morgan fingerprint density at radius 2 is 2.00 bits per heavy atom. The smallest absolute Gasteiger partial charge is 0.308 e. The molecule has 3 heterocycles. The standard InChI is InChI=1S/C29H31N3O3/c1-2-34-29(33)20-28(21-7-4-3-5-8-21)32-17-14-22-19-24(11-13-27(22)32)35-18-15-23-10-12-25-26(31-23)9-6-16-30-25/h3-5,7-8,10-14,17,19,28,30H,2,6,9,15-16,18,20H2,1H3. The number of benzene rings is 2. The fourth-order valence-corrected chi connectivity index (χ4v) is 4.72. The summed E-state index contributed by atoms with van der Waals surface area (Å²) >= 11 is 0. The molecule has 1 atom stereocenters. The van der Waals surface area contributed by atoms with Gasteiger partial charge in [0.25, 0.3) is 0 Å². The van der Waals surface area contributed by atoms with Crippen LogP contribution in [-0.4, -0.2) is 35.3 Å². The Labute approximate surface area is 205 Å². The molecule has 1 N–H and O–H groups in total. The van der Waals surface area contributed by atoms with E-state index in [0.717, 1.165) is 65.1 Å². The summed E-state index contributed by atoms with van der Waals surface area (Å²) in [7, 11) is 0. The van der Waals surface area contributed by atoms with Crippen molar-refractivity contribution in [2.24, 2.45) is 0 Å². The van der Waals surface area contributed by atoms with Crippen LogP contribution in [0.15, 0.2) is 72.9 Å². The number of ether oxygens (including phenoxy) is 2. The second kappa shape index (κ2) is 10.6. The number of esters is 1. The average Bonchev–Trinajstić information content (AvgIpc) is 3.31. The molecule has 0 aliphatic carbocycles. The van der Waals surface area contributed by atoms with Crippen LogP contribution in [-0.2, 0) is 22.4 Å². The maximum Gasteiger partial charge on any atom is 0.308 e. The number of pyridine rings is 1. The average molecular weight is 470 g/mol. The molecule has 6 heteroatoms. The van der Waals surface area contributed by atoms with E-state index in [0.29, 0.717) is 13.2 Å². The number of aromatic nitrogens is 2. The summed E-state index contributed by atoms with van der Waals surface area (Å²) in [6.07, 6.45) is 5.25. The lowest BCUT2D eigenvalue weighted by atomic mass is 10.0. The van der Waals surface area contributed by atoms with Crippen molar-refractivity contribution in [1.82, 2.24) is 9.55 Å². The van der Waals surface area contributed by atoms with Gasteiger partial charge in [0, 0.05) is 35.8 Å². The van der Waals surface area contributed by atoms with Crippen LogP contribution in [0, 0.1) is 0 Å². The molecule has 1 unspecified atom stereocenters. The van der Waals surface area contributed by atoms with Gasteiger partial charge in [-0.3, -0.25) is 9.78 Å². The predicted molar refractivity (Wildman–Crippen MR) is 138 cm³/mol. The highest BCUT2D eigenvalue weighted by Crippen LogP contribution is 2.30. The van der Waals surface area contributed by atoms with Gasteiger partial charge in [-0.15, -0.1) is 0 Å². The monoisotopic (exact) mass is 469 g/mol. The Bertz CT molecular complexity index is 1300. The number of nitrogens with zero attached hydrogens (tertiary/aromatic N) is 2. The number of fused-ring (bicyclic) bond motifs is 2. The van der Waals surface area contributed by atoms with Crippen molar-refractivity contribution in [3.05, 3.63) is 89.9 Å². The van der Waals surface area contributed by atoms with Gasteiger partial charge in [0.15, 0.2) is 0 Å². The van der Waals surface area contributed by atoms with Gasteiger partial charge in [-0.1, -0.05) is 30.3 Å². The van der Waals surface area contributed by atoms with E-state index >= 15 is 0 Å². The van der Waals surface area contributed by atoms with E-state index in [1.54, 1.807) is 0 Å². The van der Waals surface area contributed by atoms with E-state index in [-0.39, 0.29) is 18.4 Å². The quantitative estimate of drug-likeness (QED) is 0.325. The van der Waals surface area contributed by atoms with Gasteiger partial charge >= 0.3 is 5.97 Å². The Balaban J connectivity index is 1.30. The summed E-state index contributed by atoms with van der Waals surface area (Å²) in [5.74, 6) is 0.631. The zero-order valence-corrected chi connectivity index (χ0v) is 20.1. The van der Waals surface area contributed by atoms with E-state index in [1.807, 2.05) is 37.4 Å². The van der Waals surface area contributed by atoms with Crippen LogP contribution in [0.5, 0.6) is 5.75 Å². The Kier molecular flexibility index (Phi) is 6.98. The van der Waals surface area contributed by atoms with E-state index in [9.17, 15) is 4.79 Å². The van der Waals surface area contributed by atoms with Gasteiger partial charge in [0.1, 0.15) is 5.75 Å². The number of aryl methyl sites for hydroxylation is 1. The minimum atomic E-state index is -0.199. The van der Waals surface area contributed by atoms with Gasteiger partial charge in [-0.25, -0.2) is 0 Å². The number of carbonyl (C=O) groups excluding carboxylic acids is 1. The summed E-state index contributed by atoms with van der Waals surface area (Å²) in [5.41, 5.74) is 5.51. The van der Waals surface area contributed by atoms with Crippen molar-refractivity contribution in [1.29, 1.82) is 0 Å². The molecule has 0 spiro atoms. The van der Waals surface area contributed by atoms with E-state index in [2.05, 4.69) is 52.3 Å². The van der Waals surface area contributed by atoms with Crippen LogP contribution < -0.4 is 10.1 Å². The molecule has 0 saturated carbocycles. The fourth-order valence-electron chi connectivity index (χ4n) is 4.72. The van der Waals surface area contributed by atoms with Crippen molar-refractivity contribution in [3.8, 4) is 5.75 Å². The first-order valence-electron chi connectivity index (χ1n) is 12.4. The topological polar surface area (TPSA) is 65.4 Å². The number of carbonyl (C=O) groups is 1. The lowest BCUT2D eigenvalue weighted by Gasteiger charge is -2.20. The summed E-state index contributed by atoms with van der Waals surface area (Å²) in [5, 5.41) is 4.48. The third-order valence-electron chi connectivity index (χ3n) is 6.44. The predicted octanol–water partition coefficient (Wildman–Crippen LogP) is 5.56. The van der Waals surface area contributed by atoms with Gasteiger partial charge < -0.3 is 19.4 Å². The van der Waals surface area contributed by atoms with E-state index in [4.69, 9.17) is 14.5 Å². The molecule has 4 aromatic rings. The van der Waals surface area contributed by atoms with Crippen molar-refractivity contribution >= 4 is 22.6 Å². The third kappa shape index (κ3) is 5.32. The first kappa shape index (κ1) is 23.0. The van der Waals surface area contributed by atoms with Crippen molar-refractivity contribution in [3.63, 3.8) is 0 Å². The van der Waals surface area contributed by atoms with Crippen molar-refractivity contribution in [2.45, 2.75) is 38.6 Å². The summed E-state index contributed by atoms with van der Waals surface area (Å²) < 4.78 is 13.5. The van der Waals surface area contributed by atoms with Gasteiger partial charge in [-0.2, -0.15) is 0 Å². The maximum atomic E-state index is 12.4. The number of nitrogens with one attached hydrogen (secondary N) is 1. The molecular weight excluding hydrogens is 438 g/mol. The number of rotatable bonds is 9. The van der Waals surface area contributed by atoms with Crippen molar-refractivity contribution < 1.29 is 14.3 Å². The molecular formula is C29H31N3O3. The molecule has 1 aliphatic heterocycles. The van der Waals surface area contributed by atoms with Crippen LogP contribution in [0.4, 0.5) is 5.69 Å². The summed E-state index contributed by atoms with van der Waals surface area (Å²) in [6, 6.07) is 22.4. The highest BCUT2D eigenvalue weighted by Gasteiger charge is 2.20. The zero-order valence-electron chi connectivity index (χ0n) is 20.1. The van der Waals surface area contributed by atoms with E-state index in [1.165, 1.54) is 0 Å². The molecule has 35 heavy (non-hydrogen) atoms. The molecule has 5 rings (SSSR count). The number of hydrogen-bond acceptors (Lipinski definition) is 5. The first-order chi connectivity index (χ1) is 17.2. The highest BCUT2D eigenvalue weighted by molar-refractivity contribution is 5.82. The number of hydrogen-bond donors (Lipinski definition) is 1. The van der Waals surface area contributed by atoms with Crippen LogP contribution >= 0.6 is 0 Å². The zero-order chi connectivity index (χ0) is 24.0. The van der Waals surface area contributed by atoms with Gasteiger partial charge in [0.05, 0.1) is 37.1 Å². The lowest BCUT2D eigenvalue weighted by Crippen LogP contribution is -2.16. The Morgan fingerprint density at radius 1 is 1.11 bits per heavy atom. The minimum Gasteiger partial charge on any atom is -0.493 e. The maximum absolute atomic E-state index is 12.4. The molecule has 0 saturated heterocycles. The molecule has 6 nitrogen and oxygen atoms in total. The summed E-state index contributed by atoms with van der Waals surface area (Å²) in [4.78, 5) is 17.2. The first-order valence-corrected chi connectivity index (χ1v) is 12.4. The van der Waals surface area contributed by atoms with Crippen LogP contribution in [0.25, 0.3) is 10.9 Å². The second-order valence-electron chi connectivity index (χ2n) is 8.80. The molecule has 1 aliphatic rings. The molecule has 0 amide bonds. The van der Waals surface area contributed by atoms with Crippen molar-refractivity contribution in [2.75, 3.05) is 25.1 Å². The number of anilines is 1. The molecule has 0 radical (unpaired) electrons. The molecule has 2 aromatic carbocycles. The Hall–Kier alpha value is -3.80. The largest absolute Gasteiger partial charge is 0.493 e. The SMILES string of the molecule is CCOC(=O)CC(c1ccccc1)n1ccc2cc(OCCc3ccc4c(n3)CCCN4)ccc21. The molecule has 0 bridgehead atoms. The Morgan fingerprint density at radius 3 is 2.86 bits per heavy atom. The molecule has 2 aromatic heterocycles.